The van der Waals surface area contributed by atoms with Crippen LogP contribution in [-0.2, 0) is 24.3 Å². The number of carbonyl (C=O) groups excluding carboxylic acids is 1. The SMILES string of the molecule is COC(=O)CS(=O)(=O)Nc1cc(C)cc(/C=C/C(=O)O)c1. The number of aryl methyl sites for hydroxylation is 1. The Morgan fingerprint density at radius 1 is 1.33 bits per heavy atom. The van der Waals surface area contributed by atoms with Crippen LogP contribution in [0.4, 0.5) is 5.69 Å². The molecule has 0 saturated carbocycles. The summed E-state index contributed by atoms with van der Waals surface area (Å²) in [4.78, 5) is 21.5. The maximum atomic E-state index is 11.7. The van der Waals surface area contributed by atoms with Gasteiger partial charge < -0.3 is 9.84 Å². The highest BCUT2D eigenvalue weighted by molar-refractivity contribution is 7.93. The number of carboxylic acids is 1. The second-order valence-electron chi connectivity index (χ2n) is 4.24. The third-order valence-corrected chi connectivity index (χ3v) is 3.49. The van der Waals surface area contributed by atoms with E-state index >= 15 is 0 Å². The van der Waals surface area contributed by atoms with Gasteiger partial charge in [-0.25, -0.2) is 13.2 Å². The van der Waals surface area contributed by atoms with Crippen molar-refractivity contribution in [2.75, 3.05) is 17.6 Å². The Balaban J connectivity index is 2.98. The van der Waals surface area contributed by atoms with Gasteiger partial charge >= 0.3 is 11.9 Å². The van der Waals surface area contributed by atoms with Crippen molar-refractivity contribution >= 4 is 33.7 Å². The highest BCUT2D eigenvalue weighted by atomic mass is 32.2. The van der Waals surface area contributed by atoms with Gasteiger partial charge in [-0.2, -0.15) is 0 Å². The lowest BCUT2D eigenvalue weighted by atomic mass is 10.1. The Morgan fingerprint density at radius 2 is 2.00 bits per heavy atom. The molecule has 0 aliphatic heterocycles. The molecule has 21 heavy (non-hydrogen) atoms. The van der Waals surface area contributed by atoms with Crippen molar-refractivity contribution in [2.24, 2.45) is 0 Å². The van der Waals surface area contributed by atoms with Gasteiger partial charge in [0.05, 0.1) is 7.11 Å². The molecule has 7 nitrogen and oxygen atoms in total. The number of anilines is 1. The molecule has 0 amide bonds. The van der Waals surface area contributed by atoms with Gasteiger partial charge in [0.15, 0.2) is 5.75 Å². The van der Waals surface area contributed by atoms with Crippen molar-refractivity contribution in [2.45, 2.75) is 6.92 Å². The van der Waals surface area contributed by atoms with Gasteiger partial charge in [-0.3, -0.25) is 9.52 Å². The topological polar surface area (TPSA) is 110 Å². The second-order valence-corrected chi connectivity index (χ2v) is 5.96. The van der Waals surface area contributed by atoms with E-state index in [-0.39, 0.29) is 5.69 Å². The summed E-state index contributed by atoms with van der Waals surface area (Å²) >= 11 is 0. The van der Waals surface area contributed by atoms with Gasteiger partial charge in [-0.1, -0.05) is 6.07 Å². The summed E-state index contributed by atoms with van der Waals surface area (Å²) in [5.74, 6) is -2.77. The minimum atomic E-state index is -3.88. The Bertz CT molecular complexity index is 678. The van der Waals surface area contributed by atoms with E-state index < -0.39 is 27.7 Å². The quantitative estimate of drug-likeness (QED) is 0.599. The van der Waals surface area contributed by atoms with E-state index in [0.717, 1.165) is 18.7 Å². The van der Waals surface area contributed by atoms with E-state index in [1.165, 1.54) is 12.1 Å². The molecule has 1 rings (SSSR count). The molecule has 0 aliphatic carbocycles. The number of methoxy groups -OCH3 is 1. The maximum absolute atomic E-state index is 11.7. The average Bonchev–Trinajstić information content (AvgIpc) is 2.34. The second kappa shape index (κ2) is 6.89. The van der Waals surface area contributed by atoms with Gasteiger partial charge in [0, 0.05) is 11.8 Å². The number of nitrogens with one attached hydrogen (secondary N) is 1. The molecule has 0 spiro atoms. The Hall–Kier alpha value is -2.35. The lowest BCUT2D eigenvalue weighted by Crippen LogP contribution is -2.23. The van der Waals surface area contributed by atoms with Crippen molar-refractivity contribution in [3.8, 4) is 0 Å². The predicted octanol–water partition coefficient (Wildman–Crippen LogP) is 1.01. The molecular weight excluding hydrogens is 298 g/mol. The van der Waals surface area contributed by atoms with Crippen molar-refractivity contribution < 1.29 is 27.9 Å². The first kappa shape index (κ1) is 16.7. The summed E-state index contributed by atoms with van der Waals surface area (Å²) in [6.45, 7) is 1.73. The monoisotopic (exact) mass is 313 g/mol. The number of aliphatic carboxylic acids is 1. The third kappa shape index (κ3) is 6.09. The minimum Gasteiger partial charge on any atom is -0.478 e. The van der Waals surface area contributed by atoms with Crippen LogP contribution in [0.5, 0.6) is 0 Å². The van der Waals surface area contributed by atoms with Gasteiger partial charge in [0.1, 0.15) is 0 Å². The van der Waals surface area contributed by atoms with Crippen molar-refractivity contribution in [3.63, 3.8) is 0 Å². The summed E-state index contributed by atoms with van der Waals surface area (Å²) in [6, 6.07) is 4.71. The van der Waals surface area contributed by atoms with Crippen molar-refractivity contribution in [1.29, 1.82) is 0 Å². The first-order valence-corrected chi connectivity index (χ1v) is 7.47. The summed E-state index contributed by atoms with van der Waals surface area (Å²) in [7, 11) is -2.78. The van der Waals surface area contributed by atoms with E-state index in [1.54, 1.807) is 19.1 Å². The molecule has 0 aromatic heterocycles. The zero-order valence-corrected chi connectivity index (χ0v) is 12.3. The van der Waals surface area contributed by atoms with E-state index in [0.29, 0.717) is 5.56 Å². The molecule has 8 heteroatoms. The van der Waals surface area contributed by atoms with Crippen LogP contribution in [0.3, 0.4) is 0 Å². The largest absolute Gasteiger partial charge is 0.478 e. The van der Waals surface area contributed by atoms with Crippen LogP contribution in [-0.4, -0.2) is 38.3 Å². The third-order valence-electron chi connectivity index (χ3n) is 2.33. The molecule has 0 fully saturated rings. The molecule has 0 unspecified atom stereocenters. The molecule has 0 saturated heterocycles. The summed E-state index contributed by atoms with van der Waals surface area (Å²) in [5, 5.41) is 8.58. The Kier molecular flexibility index (Phi) is 5.48. The fourth-order valence-corrected chi connectivity index (χ4v) is 2.54. The van der Waals surface area contributed by atoms with Gasteiger partial charge in [-0.15, -0.1) is 0 Å². The number of sulfonamides is 1. The fourth-order valence-electron chi connectivity index (χ4n) is 1.57. The number of rotatable bonds is 6. The maximum Gasteiger partial charge on any atom is 0.328 e. The smallest absolute Gasteiger partial charge is 0.328 e. The molecule has 0 radical (unpaired) electrons. The molecule has 0 bridgehead atoms. The molecule has 0 aliphatic rings. The first-order valence-electron chi connectivity index (χ1n) is 5.82. The van der Waals surface area contributed by atoms with Crippen LogP contribution in [0.25, 0.3) is 6.08 Å². The zero-order chi connectivity index (χ0) is 16.0. The predicted molar refractivity (Wildman–Crippen MR) is 77.3 cm³/mol. The number of benzene rings is 1. The molecule has 114 valence electrons. The molecule has 2 N–H and O–H groups in total. The number of esters is 1. The zero-order valence-electron chi connectivity index (χ0n) is 11.5. The number of ether oxygens (including phenoxy) is 1. The van der Waals surface area contributed by atoms with E-state index in [4.69, 9.17) is 5.11 Å². The fraction of sp³-hybridized carbons (Fsp3) is 0.231. The first-order chi connectivity index (χ1) is 9.71. The van der Waals surface area contributed by atoms with Crippen LogP contribution in [0.15, 0.2) is 24.3 Å². The lowest BCUT2D eigenvalue weighted by molar-refractivity contribution is -0.137. The summed E-state index contributed by atoms with van der Waals surface area (Å²) in [5.41, 5.74) is 1.50. The average molecular weight is 313 g/mol. The normalized spacial score (nSPS) is 11.3. The van der Waals surface area contributed by atoms with Crippen LogP contribution in [0.2, 0.25) is 0 Å². The van der Waals surface area contributed by atoms with Crippen molar-refractivity contribution in [1.82, 2.24) is 0 Å². The minimum absolute atomic E-state index is 0.240. The summed E-state index contributed by atoms with van der Waals surface area (Å²) < 4.78 is 30.0. The number of carboxylic acid groups (broad SMARTS) is 1. The summed E-state index contributed by atoms with van der Waals surface area (Å²) in [6.07, 6.45) is 2.29. The van der Waals surface area contributed by atoms with Gasteiger partial charge in [0.25, 0.3) is 0 Å². The van der Waals surface area contributed by atoms with Crippen LogP contribution in [0.1, 0.15) is 11.1 Å². The van der Waals surface area contributed by atoms with E-state index in [1.807, 2.05) is 0 Å². The molecule has 0 heterocycles. The molecular formula is C13H15NO6S. The lowest BCUT2D eigenvalue weighted by Gasteiger charge is -2.09. The van der Waals surface area contributed by atoms with Crippen LogP contribution in [0, 0.1) is 6.92 Å². The van der Waals surface area contributed by atoms with Crippen LogP contribution < -0.4 is 4.72 Å². The standard InChI is InChI=1S/C13H15NO6S/c1-9-5-10(3-4-12(15)16)7-11(6-9)14-21(18,19)8-13(17)20-2/h3-7,14H,8H2,1-2H3,(H,15,16)/b4-3+. The Labute approximate surface area is 122 Å². The number of hydrogen-bond acceptors (Lipinski definition) is 5. The van der Waals surface area contributed by atoms with Gasteiger partial charge in [0.2, 0.25) is 10.0 Å². The van der Waals surface area contributed by atoms with E-state index in [9.17, 15) is 18.0 Å². The number of hydrogen-bond donors (Lipinski definition) is 2. The molecule has 1 aromatic rings. The van der Waals surface area contributed by atoms with E-state index in [2.05, 4.69) is 9.46 Å². The van der Waals surface area contributed by atoms with Crippen molar-refractivity contribution in [3.05, 3.63) is 35.4 Å². The highest BCUT2D eigenvalue weighted by Gasteiger charge is 2.17. The molecule has 0 atom stereocenters. The van der Waals surface area contributed by atoms with Crippen LogP contribution >= 0.6 is 0 Å². The number of carbonyl (C=O) groups is 2. The molecule has 1 aromatic carbocycles. The highest BCUT2D eigenvalue weighted by Crippen LogP contribution is 2.17. The van der Waals surface area contributed by atoms with Gasteiger partial charge in [-0.05, 0) is 36.3 Å². The Morgan fingerprint density at radius 3 is 2.57 bits per heavy atom.